The number of fused-ring (bicyclic) bond motifs is 1. The summed E-state index contributed by atoms with van der Waals surface area (Å²) in [7, 11) is 0. The largest absolute Gasteiger partial charge is 0.338 e. The SMILES string of the molecule is O=C(c1cc(Nc2cccc3cccnc23)ncn1)N1CCCC1. The van der Waals surface area contributed by atoms with Crippen LogP contribution in [0.2, 0.25) is 0 Å². The highest BCUT2D eigenvalue weighted by Crippen LogP contribution is 2.24. The van der Waals surface area contributed by atoms with Crippen molar-refractivity contribution >= 4 is 28.3 Å². The lowest BCUT2D eigenvalue weighted by atomic mass is 10.2. The van der Waals surface area contributed by atoms with Gasteiger partial charge in [-0.2, -0.15) is 0 Å². The number of para-hydroxylation sites is 1. The summed E-state index contributed by atoms with van der Waals surface area (Å²) in [6.45, 7) is 1.61. The summed E-state index contributed by atoms with van der Waals surface area (Å²) in [6.07, 6.45) is 5.30. The van der Waals surface area contributed by atoms with E-state index in [2.05, 4.69) is 20.3 Å². The number of carbonyl (C=O) groups is 1. The van der Waals surface area contributed by atoms with E-state index in [1.807, 2.05) is 35.2 Å². The minimum Gasteiger partial charge on any atom is -0.338 e. The van der Waals surface area contributed by atoms with E-state index in [4.69, 9.17) is 0 Å². The molecule has 0 saturated carbocycles. The van der Waals surface area contributed by atoms with E-state index < -0.39 is 0 Å². The number of carbonyl (C=O) groups excluding carboxylic acids is 1. The molecule has 1 aliphatic rings. The Labute approximate surface area is 139 Å². The second kappa shape index (κ2) is 6.23. The fourth-order valence-corrected chi connectivity index (χ4v) is 2.97. The topological polar surface area (TPSA) is 71.0 Å². The molecule has 4 rings (SSSR count). The lowest BCUT2D eigenvalue weighted by molar-refractivity contribution is 0.0787. The number of aromatic nitrogens is 3. The van der Waals surface area contributed by atoms with Crippen molar-refractivity contribution in [3.63, 3.8) is 0 Å². The first-order valence-corrected chi connectivity index (χ1v) is 8.03. The maximum absolute atomic E-state index is 12.5. The molecule has 1 aromatic carbocycles. The van der Waals surface area contributed by atoms with Gasteiger partial charge < -0.3 is 10.2 Å². The number of rotatable bonds is 3. The van der Waals surface area contributed by atoms with Gasteiger partial charge in [0, 0.05) is 30.7 Å². The molecule has 6 heteroatoms. The van der Waals surface area contributed by atoms with Crippen LogP contribution in [-0.2, 0) is 0 Å². The van der Waals surface area contributed by atoms with Crippen LogP contribution in [0.1, 0.15) is 23.3 Å². The first kappa shape index (κ1) is 14.6. The third-order valence-electron chi connectivity index (χ3n) is 4.17. The van der Waals surface area contributed by atoms with E-state index in [0.717, 1.165) is 42.5 Å². The van der Waals surface area contributed by atoms with E-state index in [0.29, 0.717) is 11.5 Å². The molecule has 3 aromatic rings. The Morgan fingerprint density at radius 2 is 1.88 bits per heavy atom. The smallest absolute Gasteiger partial charge is 0.272 e. The Kier molecular flexibility index (Phi) is 3.78. The molecule has 6 nitrogen and oxygen atoms in total. The maximum Gasteiger partial charge on any atom is 0.272 e. The fourth-order valence-electron chi connectivity index (χ4n) is 2.97. The average Bonchev–Trinajstić information content (AvgIpc) is 3.16. The van der Waals surface area contributed by atoms with E-state index >= 15 is 0 Å². The normalized spacial score (nSPS) is 14.1. The molecule has 0 radical (unpaired) electrons. The minimum atomic E-state index is -0.0333. The molecule has 0 atom stereocenters. The van der Waals surface area contributed by atoms with E-state index in [9.17, 15) is 4.79 Å². The first-order valence-electron chi connectivity index (χ1n) is 8.03. The van der Waals surface area contributed by atoms with Gasteiger partial charge in [0.05, 0.1) is 11.2 Å². The Morgan fingerprint density at radius 3 is 2.75 bits per heavy atom. The quantitative estimate of drug-likeness (QED) is 0.803. The molecule has 3 heterocycles. The monoisotopic (exact) mass is 319 g/mol. The van der Waals surface area contributed by atoms with Gasteiger partial charge >= 0.3 is 0 Å². The number of hydrogen-bond donors (Lipinski definition) is 1. The van der Waals surface area contributed by atoms with Crippen molar-refractivity contribution in [1.29, 1.82) is 0 Å². The third kappa shape index (κ3) is 2.78. The predicted molar refractivity (Wildman–Crippen MR) is 92.2 cm³/mol. The van der Waals surface area contributed by atoms with Crippen molar-refractivity contribution in [3.05, 3.63) is 54.6 Å². The molecule has 1 N–H and O–H groups in total. The van der Waals surface area contributed by atoms with Gasteiger partial charge in [-0.1, -0.05) is 18.2 Å². The summed E-state index contributed by atoms with van der Waals surface area (Å²) >= 11 is 0. The summed E-state index contributed by atoms with van der Waals surface area (Å²) in [5.41, 5.74) is 2.14. The highest BCUT2D eigenvalue weighted by atomic mass is 16.2. The number of nitrogens with one attached hydrogen (secondary N) is 1. The highest BCUT2D eigenvalue weighted by Gasteiger charge is 2.21. The van der Waals surface area contributed by atoms with Crippen molar-refractivity contribution in [3.8, 4) is 0 Å². The number of hydrogen-bond acceptors (Lipinski definition) is 5. The van der Waals surface area contributed by atoms with Gasteiger partial charge in [0.25, 0.3) is 5.91 Å². The van der Waals surface area contributed by atoms with Crippen LogP contribution in [0.15, 0.2) is 48.9 Å². The first-order chi connectivity index (χ1) is 11.8. The van der Waals surface area contributed by atoms with Crippen LogP contribution in [-0.4, -0.2) is 38.8 Å². The van der Waals surface area contributed by atoms with Crippen LogP contribution in [0.5, 0.6) is 0 Å². The number of pyridine rings is 1. The summed E-state index contributed by atoms with van der Waals surface area (Å²) < 4.78 is 0. The Bertz CT molecular complexity index is 884. The lowest BCUT2D eigenvalue weighted by Gasteiger charge is -2.15. The zero-order valence-corrected chi connectivity index (χ0v) is 13.1. The van der Waals surface area contributed by atoms with E-state index in [1.165, 1.54) is 6.33 Å². The van der Waals surface area contributed by atoms with Gasteiger partial charge in [-0.25, -0.2) is 9.97 Å². The molecule has 0 spiro atoms. The molecule has 120 valence electrons. The van der Waals surface area contributed by atoms with Gasteiger partial charge in [0.1, 0.15) is 17.8 Å². The van der Waals surface area contributed by atoms with E-state index in [1.54, 1.807) is 12.3 Å². The van der Waals surface area contributed by atoms with Crippen LogP contribution < -0.4 is 5.32 Å². The Hall–Kier alpha value is -3.02. The van der Waals surface area contributed by atoms with Gasteiger partial charge in [0.2, 0.25) is 0 Å². The number of anilines is 2. The minimum absolute atomic E-state index is 0.0333. The zero-order chi connectivity index (χ0) is 16.4. The van der Waals surface area contributed by atoms with Gasteiger partial charge in [-0.15, -0.1) is 0 Å². The summed E-state index contributed by atoms with van der Waals surface area (Å²) in [6, 6.07) is 11.5. The Morgan fingerprint density at radius 1 is 1.04 bits per heavy atom. The summed E-state index contributed by atoms with van der Waals surface area (Å²) in [4.78, 5) is 27.1. The van der Waals surface area contributed by atoms with Gasteiger partial charge in [-0.3, -0.25) is 9.78 Å². The van der Waals surface area contributed by atoms with Crippen molar-refractivity contribution < 1.29 is 4.79 Å². The molecule has 0 bridgehead atoms. The van der Waals surface area contributed by atoms with Crippen molar-refractivity contribution in [2.75, 3.05) is 18.4 Å². The molecule has 2 aromatic heterocycles. The van der Waals surface area contributed by atoms with E-state index in [-0.39, 0.29) is 5.91 Å². The fraction of sp³-hybridized carbons (Fsp3) is 0.222. The molecular weight excluding hydrogens is 302 g/mol. The predicted octanol–water partition coefficient (Wildman–Crippen LogP) is 3.00. The molecule has 1 amide bonds. The van der Waals surface area contributed by atoms with Crippen LogP contribution in [0.4, 0.5) is 11.5 Å². The summed E-state index contributed by atoms with van der Waals surface area (Å²) in [5, 5.41) is 4.29. The molecule has 24 heavy (non-hydrogen) atoms. The molecule has 0 aliphatic carbocycles. The van der Waals surface area contributed by atoms with Crippen LogP contribution in [0.25, 0.3) is 10.9 Å². The lowest BCUT2D eigenvalue weighted by Crippen LogP contribution is -2.28. The zero-order valence-electron chi connectivity index (χ0n) is 13.1. The van der Waals surface area contributed by atoms with Gasteiger partial charge in [0.15, 0.2) is 0 Å². The Balaban J connectivity index is 1.62. The second-order valence-electron chi connectivity index (χ2n) is 5.79. The molecule has 0 unspecified atom stereocenters. The standard InChI is InChI=1S/C18H17N5O/c24-18(23-9-1-2-10-23)15-11-16(21-12-20-15)22-14-7-3-5-13-6-4-8-19-17(13)14/h3-8,11-12H,1-2,9-10H2,(H,20,21,22). The van der Waals surface area contributed by atoms with Crippen LogP contribution in [0, 0.1) is 0 Å². The number of likely N-dealkylation sites (tertiary alicyclic amines) is 1. The van der Waals surface area contributed by atoms with Crippen LogP contribution in [0.3, 0.4) is 0 Å². The number of nitrogens with zero attached hydrogens (tertiary/aromatic N) is 4. The van der Waals surface area contributed by atoms with Crippen molar-refractivity contribution in [2.45, 2.75) is 12.8 Å². The highest BCUT2D eigenvalue weighted by molar-refractivity contribution is 5.94. The number of benzene rings is 1. The molecule has 1 fully saturated rings. The average molecular weight is 319 g/mol. The summed E-state index contributed by atoms with van der Waals surface area (Å²) in [5.74, 6) is 0.555. The molecule has 1 saturated heterocycles. The molecule has 1 aliphatic heterocycles. The van der Waals surface area contributed by atoms with Crippen molar-refractivity contribution in [2.24, 2.45) is 0 Å². The maximum atomic E-state index is 12.5. The second-order valence-corrected chi connectivity index (χ2v) is 5.79. The van der Waals surface area contributed by atoms with Crippen molar-refractivity contribution in [1.82, 2.24) is 19.9 Å². The van der Waals surface area contributed by atoms with Crippen LogP contribution >= 0.6 is 0 Å². The third-order valence-corrected chi connectivity index (χ3v) is 4.17. The number of amides is 1. The van der Waals surface area contributed by atoms with Gasteiger partial charge in [-0.05, 0) is 25.0 Å². The molecular formula is C18H17N5O.